The molecule has 3 unspecified atom stereocenters. The molecular formula is C24H38F5N3O5. The Morgan fingerprint density at radius 1 is 0.811 bits per heavy atom. The van der Waals surface area contributed by atoms with Crippen LogP contribution in [0.3, 0.4) is 0 Å². The van der Waals surface area contributed by atoms with Crippen LogP contribution in [-0.2, 0) is 24.0 Å². The number of Topliss-reactive ketones (excluding diaryl/α,β-unsaturated/α-hetero) is 2. The molecule has 0 aliphatic rings. The second-order valence-electron chi connectivity index (χ2n) is 11.6. The second kappa shape index (κ2) is 12.3. The Morgan fingerprint density at radius 2 is 1.30 bits per heavy atom. The molecule has 0 bridgehead atoms. The van der Waals surface area contributed by atoms with Crippen LogP contribution in [0.2, 0.25) is 0 Å². The summed E-state index contributed by atoms with van der Waals surface area (Å²) in [5, 5.41) is 4.41. The van der Waals surface area contributed by atoms with Gasteiger partial charge in [0, 0.05) is 33.4 Å². The van der Waals surface area contributed by atoms with E-state index in [0.717, 1.165) is 4.90 Å². The molecule has 3 amide bonds. The van der Waals surface area contributed by atoms with Crippen LogP contribution in [0.4, 0.5) is 22.0 Å². The van der Waals surface area contributed by atoms with Gasteiger partial charge in [-0.25, -0.2) is 0 Å². The van der Waals surface area contributed by atoms with E-state index < -0.39 is 83.1 Å². The third-order valence-electron chi connectivity index (χ3n) is 5.34. The van der Waals surface area contributed by atoms with E-state index in [1.54, 1.807) is 26.1 Å². The van der Waals surface area contributed by atoms with Crippen LogP contribution in [0.1, 0.15) is 67.7 Å². The maximum atomic E-state index is 13.4. The van der Waals surface area contributed by atoms with Gasteiger partial charge in [0.25, 0.3) is 0 Å². The fraction of sp³-hybridized carbons (Fsp3) is 0.792. The molecule has 3 atom stereocenters. The highest BCUT2D eigenvalue weighted by atomic mass is 19.4. The van der Waals surface area contributed by atoms with Gasteiger partial charge in [-0.1, -0.05) is 41.5 Å². The molecule has 0 fully saturated rings. The Balaban J connectivity index is 5.93. The van der Waals surface area contributed by atoms with E-state index in [2.05, 4.69) is 5.32 Å². The van der Waals surface area contributed by atoms with Gasteiger partial charge >= 0.3 is 12.1 Å². The molecule has 0 rings (SSSR count). The lowest BCUT2D eigenvalue weighted by atomic mass is 9.80. The van der Waals surface area contributed by atoms with Crippen LogP contribution in [0.5, 0.6) is 0 Å². The second-order valence-corrected chi connectivity index (χ2v) is 11.6. The van der Waals surface area contributed by atoms with Crippen molar-refractivity contribution in [3.8, 4) is 0 Å². The van der Waals surface area contributed by atoms with Gasteiger partial charge in [-0.15, -0.1) is 0 Å². The third kappa shape index (κ3) is 10.7. The van der Waals surface area contributed by atoms with Crippen molar-refractivity contribution in [1.82, 2.24) is 15.5 Å². The highest BCUT2D eigenvalue weighted by Crippen LogP contribution is 2.37. The van der Waals surface area contributed by atoms with Crippen LogP contribution >= 0.6 is 0 Å². The molecule has 0 aromatic heterocycles. The molecule has 0 aromatic carbocycles. The summed E-state index contributed by atoms with van der Waals surface area (Å²) in [4.78, 5) is 63.6. The summed E-state index contributed by atoms with van der Waals surface area (Å²) in [6, 6.07) is -3.36. The summed E-state index contributed by atoms with van der Waals surface area (Å²) >= 11 is 0. The van der Waals surface area contributed by atoms with Crippen molar-refractivity contribution in [2.24, 2.45) is 16.7 Å². The van der Waals surface area contributed by atoms with Crippen molar-refractivity contribution in [2.75, 3.05) is 14.1 Å². The minimum Gasteiger partial charge on any atom is -0.349 e. The van der Waals surface area contributed by atoms with Gasteiger partial charge in [-0.3, -0.25) is 24.0 Å². The normalized spacial score (nSPS) is 15.3. The zero-order chi connectivity index (χ0) is 29.7. The first-order chi connectivity index (χ1) is 16.3. The van der Waals surface area contributed by atoms with Gasteiger partial charge in [-0.2, -0.15) is 22.0 Å². The first kappa shape index (κ1) is 34.4. The summed E-state index contributed by atoms with van der Waals surface area (Å²) in [5.41, 5.74) is -1.22. The molecular weight excluding hydrogens is 505 g/mol. The molecule has 0 saturated heterocycles. The van der Waals surface area contributed by atoms with Crippen molar-refractivity contribution < 1.29 is 45.9 Å². The van der Waals surface area contributed by atoms with Crippen molar-refractivity contribution in [1.29, 1.82) is 0 Å². The summed E-state index contributed by atoms with van der Waals surface area (Å²) in [7, 11) is 2.72. The van der Waals surface area contributed by atoms with E-state index in [0.29, 0.717) is 6.92 Å². The van der Waals surface area contributed by atoms with Crippen molar-refractivity contribution in [3.05, 3.63) is 0 Å². The van der Waals surface area contributed by atoms with Gasteiger partial charge in [0.05, 0.1) is 18.0 Å². The summed E-state index contributed by atoms with van der Waals surface area (Å²) in [6.45, 7) is 11.1. The number of rotatable bonds is 11. The number of hydrogen-bond acceptors (Lipinski definition) is 5. The van der Waals surface area contributed by atoms with E-state index >= 15 is 0 Å². The smallest absolute Gasteiger partial charge is 0.349 e. The number of carbonyl (C=O) groups excluding carboxylic acids is 5. The van der Waals surface area contributed by atoms with Crippen LogP contribution in [0.15, 0.2) is 0 Å². The number of nitrogens with one attached hydrogen (secondary N) is 2. The molecule has 0 aliphatic heterocycles. The van der Waals surface area contributed by atoms with E-state index in [4.69, 9.17) is 0 Å². The molecule has 0 saturated carbocycles. The van der Waals surface area contributed by atoms with Gasteiger partial charge in [0.2, 0.25) is 23.5 Å². The summed E-state index contributed by atoms with van der Waals surface area (Å²) in [5.74, 6) is -12.7. The van der Waals surface area contributed by atoms with Crippen molar-refractivity contribution in [2.45, 2.75) is 91.9 Å². The fourth-order valence-electron chi connectivity index (χ4n) is 3.29. The Morgan fingerprint density at radius 3 is 1.68 bits per heavy atom. The molecule has 0 radical (unpaired) electrons. The Kier molecular flexibility index (Phi) is 11.4. The number of alkyl halides is 5. The molecule has 8 nitrogen and oxygen atoms in total. The summed E-state index contributed by atoms with van der Waals surface area (Å²) < 4.78 is 64.6. The molecule has 0 spiro atoms. The van der Waals surface area contributed by atoms with E-state index in [1.807, 2.05) is 20.8 Å². The first-order valence-electron chi connectivity index (χ1n) is 11.6. The lowest BCUT2D eigenvalue weighted by molar-refractivity contribution is -0.269. The van der Waals surface area contributed by atoms with Gasteiger partial charge < -0.3 is 15.5 Å². The number of nitrogens with zero attached hydrogens (tertiary/aromatic N) is 1. The number of hydrogen-bond donors (Lipinski definition) is 2. The predicted molar refractivity (Wildman–Crippen MR) is 125 cm³/mol. The first-order valence-corrected chi connectivity index (χ1v) is 11.6. The topological polar surface area (TPSA) is 113 Å². The molecule has 214 valence electrons. The maximum absolute atomic E-state index is 13.4. The standard InChI is InChI=1S/C24H38F5N3O5/c1-13(19(36)23(25,26)24(27,28)29)30-20(37)14(11-17(35)32(8)9)10-15(33)18(22(5,6)7)31-16(34)12-21(2,3)4/h13-14,18H,10-12H2,1-9H3,(H,30,37)(H,31,34). The summed E-state index contributed by atoms with van der Waals surface area (Å²) in [6.07, 6.45) is -7.30. The molecule has 13 heteroatoms. The average Bonchev–Trinajstić information content (AvgIpc) is 2.67. The van der Waals surface area contributed by atoms with E-state index in [1.165, 1.54) is 14.1 Å². The number of carbonyl (C=O) groups is 5. The quantitative estimate of drug-likeness (QED) is 0.389. The Bertz CT molecular complexity index is 873. The minimum absolute atomic E-state index is 0.0862. The van der Waals surface area contributed by atoms with E-state index in [9.17, 15) is 45.9 Å². The number of halogens is 5. The van der Waals surface area contributed by atoms with Crippen LogP contribution in [0, 0.1) is 16.7 Å². The highest BCUT2D eigenvalue weighted by Gasteiger charge is 2.64. The largest absolute Gasteiger partial charge is 0.461 e. The van der Waals surface area contributed by atoms with E-state index in [-0.39, 0.29) is 6.42 Å². The van der Waals surface area contributed by atoms with Gasteiger partial charge in [0.15, 0.2) is 5.78 Å². The van der Waals surface area contributed by atoms with Crippen molar-refractivity contribution >= 4 is 29.3 Å². The highest BCUT2D eigenvalue weighted by molar-refractivity contribution is 5.97. The SMILES string of the molecule is CC(NC(=O)C(CC(=O)C(NC(=O)CC(C)(C)C)C(C)(C)C)CC(=O)N(C)C)C(=O)C(F)(F)C(F)(F)F. The minimum atomic E-state index is -6.16. The zero-order valence-corrected chi connectivity index (χ0v) is 22.7. The maximum Gasteiger partial charge on any atom is 0.461 e. The predicted octanol–water partition coefficient (Wildman–Crippen LogP) is 3.28. The van der Waals surface area contributed by atoms with Gasteiger partial charge in [-0.05, 0) is 17.8 Å². The molecule has 0 aromatic rings. The zero-order valence-electron chi connectivity index (χ0n) is 22.7. The third-order valence-corrected chi connectivity index (χ3v) is 5.34. The van der Waals surface area contributed by atoms with Crippen LogP contribution in [-0.4, -0.2) is 72.5 Å². The van der Waals surface area contributed by atoms with Gasteiger partial charge in [0.1, 0.15) is 0 Å². The Labute approximate surface area is 214 Å². The Hall–Kier alpha value is -2.60. The number of ketones is 2. The monoisotopic (exact) mass is 543 g/mol. The molecule has 37 heavy (non-hydrogen) atoms. The van der Waals surface area contributed by atoms with Crippen LogP contribution < -0.4 is 10.6 Å². The number of amides is 3. The van der Waals surface area contributed by atoms with Crippen LogP contribution in [0.25, 0.3) is 0 Å². The lowest BCUT2D eigenvalue weighted by Crippen LogP contribution is -2.54. The fourth-order valence-corrected chi connectivity index (χ4v) is 3.29. The molecule has 0 heterocycles. The average molecular weight is 544 g/mol. The molecule has 2 N–H and O–H groups in total. The molecule has 0 aliphatic carbocycles. The lowest BCUT2D eigenvalue weighted by Gasteiger charge is -2.32. The van der Waals surface area contributed by atoms with Crippen molar-refractivity contribution in [3.63, 3.8) is 0 Å².